The summed E-state index contributed by atoms with van der Waals surface area (Å²) in [6.45, 7) is 4.69. The van der Waals surface area contributed by atoms with Gasteiger partial charge in [0.05, 0.1) is 0 Å². The van der Waals surface area contributed by atoms with E-state index < -0.39 is 0 Å². The molecule has 0 aromatic carbocycles. The highest BCUT2D eigenvalue weighted by Gasteiger charge is 2.26. The Balaban J connectivity index is 1.87. The average Bonchev–Trinajstić information content (AvgIpc) is 2.79. The van der Waals surface area contributed by atoms with Crippen molar-refractivity contribution in [3.63, 3.8) is 0 Å². The van der Waals surface area contributed by atoms with Gasteiger partial charge in [0.2, 0.25) is 0 Å². The normalized spacial score (nSPS) is 20.0. The summed E-state index contributed by atoms with van der Waals surface area (Å²) in [6, 6.07) is 0.757. The van der Waals surface area contributed by atoms with Crippen molar-refractivity contribution in [2.75, 3.05) is 27.2 Å². The fraction of sp³-hybridized carbons (Fsp3) is 1.00. The molecule has 2 nitrogen and oxygen atoms in total. The van der Waals surface area contributed by atoms with Crippen molar-refractivity contribution in [3.05, 3.63) is 0 Å². The molecule has 72 valence electrons. The van der Waals surface area contributed by atoms with Crippen LogP contribution in [-0.2, 0) is 0 Å². The van der Waals surface area contributed by atoms with E-state index in [1.165, 1.54) is 32.4 Å². The first-order valence-electron chi connectivity index (χ1n) is 5.08. The van der Waals surface area contributed by atoms with Gasteiger partial charge in [-0.2, -0.15) is 0 Å². The van der Waals surface area contributed by atoms with Gasteiger partial charge in [0.25, 0.3) is 0 Å². The minimum atomic E-state index is 0.757. The lowest BCUT2D eigenvalue weighted by molar-refractivity contribution is 0.383. The first-order chi connectivity index (χ1) is 5.70. The summed E-state index contributed by atoms with van der Waals surface area (Å²) < 4.78 is 0. The summed E-state index contributed by atoms with van der Waals surface area (Å²) in [5.74, 6) is 0.990. The van der Waals surface area contributed by atoms with Crippen molar-refractivity contribution >= 4 is 0 Å². The van der Waals surface area contributed by atoms with E-state index in [2.05, 4.69) is 31.2 Å². The summed E-state index contributed by atoms with van der Waals surface area (Å²) in [5, 5.41) is 3.57. The Bertz CT molecular complexity index is 119. The smallest absolute Gasteiger partial charge is 0.00670 e. The van der Waals surface area contributed by atoms with Crippen LogP contribution in [0.1, 0.15) is 26.2 Å². The molecule has 0 aromatic heterocycles. The quantitative estimate of drug-likeness (QED) is 0.605. The Labute approximate surface area is 76.3 Å². The van der Waals surface area contributed by atoms with Crippen molar-refractivity contribution in [2.45, 2.75) is 32.2 Å². The maximum atomic E-state index is 3.57. The van der Waals surface area contributed by atoms with E-state index in [9.17, 15) is 0 Å². The molecule has 0 aromatic rings. The summed E-state index contributed by atoms with van der Waals surface area (Å²) in [6.07, 6.45) is 4.16. The van der Waals surface area contributed by atoms with Crippen LogP contribution >= 0.6 is 0 Å². The van der Waals surface area contributed by atoms with Crippen LogP contribution in [-0.4, -0.2) is 38.1 Å². The predicted octanol–water partition coefficient (Wildman–Crippen LogP) is 1.33. The number of rotatable bonds is 6. The number of nitrogens with one attached hydrogen (secondary N) is 1. The van der Waals surface area contributed by atoms with E-state index in [-0.39, 0.29) is 0 Å². The molecule has 1 atom stereocenters. The van der Waals surface area contributed by atoms with Gasteiger partial charge in [-0.05, 0) is 59.3 Å². The highest BCUT2D eigenvalue weighted by molar-refractivity contribution is 4.82. The molecule has 2 heteroatoms. The monoisotopic (exact) mass is 170 g/mol. The van der Waals surface area contributed by atoms with Gasteiger partial charge in [-0.3, -0.25) is 0 Å². The van der Waals surface area contributed by atoms with Gasteiger partial charge >= 0.3 is 0 Å². The van der Waals surface area contributed by atoms with Crippen molar-refractivity contribution in [2.24, 2.45) is 5.92 Å². The Hall–Kier alpha value is -0.0800. The highest BCUT2D eigenvalue weighted by atomic mass is 15.1. The van der Waals surface area contributed by atoms with Crippen molar-refractivity contribution < 1.29 is 0 Å². The van der Waals surface area contributed by atoms with Gasteiger partial charge in [0.15, 0.2) is 0 Å². The van der Waals surface area contributed by atoms with Crippen molar-refractivity contribution in [1.29, 1.82) is 0 Å². The Kier molecular flexibility index (Phi) is 4.02. The van der Waals surface area contributed by atoms with E-state index in [0.29, 0.717) is 0 Å². The Morgan fingerprint density at radius 1 is 1.42 bits per heavy atom. The molecular formula is C10H22N2. The number of hydrogen-bond donors (Lipinski definition) is 1. The summed E-state index contributed by atoms with van der Waals surface area (Å²) in [7, 11) is 4.26. The number of nitrogens with zero attached hydrogens (tertiary/aromatic N) is 1. The van der Waals surface area contributed by atoms with E-state index in [1.807, 2.05) is 0 Å². The van der Waals surface area contributed by atoms with Crippen LogP contribution in [0.15, 0.2) is 0 Å². The second-order valence-corrected chi connectivity index (χ2v) is 4.24. The molecule has 1 aliphatic rings. The van der Waals surface area contributed by atoms with Gasteiger partial charge in [-0.15, -0.1) is 0 Å². The molecule has 1 N–H and O–H groups in total. The summed E-state index contributed by atoms with van der Waals surface area (Å²) >= 11 is 0. The molecule has 12 heavy (non-hydrogen) atoms. The molecule has 0 saturated heterocycles. The Morgan fingerprint density at radius 2 is 2.08 bits per heavy atom. The largest absolute Gasteiger partial charge is 0.314 e. The molecule has 1 unspecified atom stereocenters. The maximum Gasteiger partial charge on any atom is 0.00670 e. The molecule has 0 radical (unpaired) electrons. The van der Waals surface area contributed by atoms with Crippen LogP contribution in [0, 0.1) is 5.92 Å². The van der Waals surface area contributed by atoms with Crippen LogP contribution in [0.25, 0.3) is 0 Å². The standard InChI is InChI=1S/C10H22N2/c1-9(10-5-6-10)11-7-4-8-12(2)3/h9-11H,4-8H2,1-3H3. The molecule has 0 heterocycles. The minimum absolute atomic E-state index is 0.757. The fourth-order valence-electron chi connectivity index (χ4n) is 1.49. The van der Waals surface area contributed by atoms with Crippen LogP contribution in [0.5, 0.6) is 0 Å². The van der Waals surface area contributed by atoms with Crippen LogP contribution in [0.2, 0.25) is 0 Å². The third kappa shape index (κ3) is 4.07. The van der Waals surface area contributed by atoms with Gasteiger partial charge in [-0.25, -0.2) is 0 Å². The first kappa shape index (κ1) is 10.0. The molecule has 1 rings (SSSR count). The zero-order chi connectivity index (χ0) is 8.97. The second kappa shape index (κ2) is 4.83. The highest BCUT2D eigenvalue weighted by Crippen LogP contribution is 2.32. The zero-order valence-electron chi connectivity index (χ0n) is 8.64. The van der Waals surface area contributed by atoms with Crippen LogP contribution in [0.3, 0.4) is 0 Å². The average molecular weight is 170 g/mol. The van der Waals surface area contributed by atoms with Gasteiger partial charge in [0, 0.05) is 6.04 Å². The molecule has 0 spiro atoms. The Morgan fingerprint density at radius 3 is 2.58 bits per heavy atom. The van der Waals surface area contributed by atoms with E-state index >= 15 is 0 Å². The SMILES string of the molecule is CC(NCCCN(C)C)C1CC1. The minimum Gasteiger partial charge on any atom is -0.314 e. The van der Waals surface area contributed by atoms with Crippen LogP contribution < -0.4 is 5.32 Å². The third-order valence-corrected chi connectivity index (χ3v) is 2.58. The second-order valence-electron chi connectivity index (χ2n) is 4.24. The molecule has 0 bridgehead atoms. The van der Waals surface area contributed by atoms with Gasteiger partial charge in [0.1, 0.15) is 0 Å². The molecule has 1 fully saturated rings. The third-order valence-electron chi connectivity index (χ3n) is 2.58. The molecular weight excluding hydrogens is 148 g/mol. The van der Waals surface area contributed by atoms with E-state index in [1.54, 1.807) is 0 Å². The van der Waals surface area contributed by atoms with Crippen molar-refractivity contribution in [1.82, 2.24) is 10.2 Å². The predicted molar refractivity (Wildman–Crippen MR) is 53.4 cm³/mol. The van der Waals surface area contributed by atoms with Crippen molar-refractivity contribution in [3.8, 4) is 0 Å². The summed E-state index contributed by atoms with van der Waals surface area (Å²) in [4.78, 5) is 2.24. The lowest BCUT2D eigenvalue weighted by Crippen LogP contribution is -2.30. The maximum absolute atomic E-state index is 3.57. The van der Waals surface area contributed by atoms with Gasteiger partial charge < -0.3 is 10.2 Å². The summed E-state index contributed by atoms with van der Waals surface area (Å²) in [5.41, 5.74) is 0. The first-order valence-corrected chi connectivity index (χ1v) is 5.08. The lowest BCUT2D eigenvalue weighted by atomic mass is 10.2. The zero-order valence-corrected chi connectivity index (χ0v) is 8.64. The molecule has 1 saturated carbocycles. The van der Waals surface area contributed by atoms with Crippen LogP contribution in [0.4, 0.5) is 0 Å². The van der Waals surface area contributed by atoms with E-state index in [4.69, 9.17) is 0 Å². The molecule has 0 amide bonds. The fourth-order valence-corrected chi connectivity index (χ4v) is 1.49. The van der Waals surface area contributed by atoms with E-state index in [0.717, 1.165) is 12.0 Å². The number of hydrogen-bond acceptors (Lipinski definition) is 2. The lowest BCUT2D eigenvalue weighted by Gasteiger charge is -2.14. The topological polar surface area (TPSA) is 15.3 Å². The van der Waals surface area contributed by atoms with Gasteiger partial charge in [-0.1, -0.05) is 0 Å². The molecule has 0 aliphatic heterocycles. The molecule has 1 aliphatic carbocycles.